The van der Waals surface area contributed by atoms with Crippen LogP contribution in [0.5, 0.6) is 0 Å². The number of aliphatic hydroxyl groups is 1. The Kier molecular flexibility index (Phi) is 3.30. The molecular weight excluding hydrogens is 250 g/mol. The molecule has 3 rings (SSSR count). The molecular formula is C16H23N3O. The van der Waals surface area contributed by atoms with E-state index >= 15 is 0 Å². The number of fused-ring (bicyclic) bond motifs is 1. The lowest BCUT2D eigenvalue weighted by molar-refractivity contribution is -0.0358. The molecule has 2 heterocycles. The number of rotatable bonds is 2. The van der Waals surface area contributed by atoms with Crippen LogP contribution in [0.3, 0.4) is 0 Å². The molecule has 0 bridgehead atoms. The zero-order chi connectivity index (χ0) is 14.3. The van der Waals surface area contributed by atoms with Crippen LogP contribution in [-0.4, -0.2) is 45.0 Å². The lowest BCUT2D eigenvalue weighted by atomic mass is 9.83. The van der Waals surface area contributed by atoms with Crippen molar-refractivity contribution in [2.24, 2.45) is 7.05 Å². The van der Waals surface area contributed by atoms with Gasteiger partial charge in [0.15, 0.2) is 0 Å². The zero-order valence-corrected chi connectivity index (χ0v) is 12.5. The van der Waals surface area contributed by atoms with E-state index in [1.165, 1.54) is 0 Å². The molecule has 20 heavy (non-hydrogen) atoms. The normalized spacial score (nSPS) is 28.1. The Balaban J connectivity index is 1.89. The largest absolute Gasteiger partial charge is 0.389 e. The van der Waals surface area contributed by atoms with E-state index in [0.29, 0.717) is 12.5 Å². The Morgan fingerprint density at radius 1 is 1.35 bits per heavy atom. The number of benzene rings is 1. The van der Waals surface area contributed by atoms with Crippen LogP contribution >= 0.6 is 0 Å². The summed E-state index contributed by atoms with van der Waals surface area (Å²) >= 11 is 0. The number of likely N-dealkylation sites (tertiary alicyclic amines) is 1. The van der Waals surface area contributed by atoms with Crippen molar-refractivity contribution in [1.82, 2.24) is 14.7 Å². The molecule has 108 valence electrons. The van der Waals surface area contributed by atoms with Gasteiger partial charge in [-0.15, -0.1) is 0 Å². The van der Waals surface area contributed by atoms with Crippen LogP contribution in [0.1, 0.15) is 25.5 Å². The van der Waals surface area contributed by atoms with Crippen molar-refractivity contribution in [2.45, 2.75) is 37.8 Å². The number of piperidine rings is 1. The second-order valence-corrected chi connectivity index (χ2v) is 6.27. The summed E-state index contributed by atoms with van der Waals surface area (Å²) in [6, 6.07) is 8.66. The monoisotopic (exact) mass is 273 g/mol. The Morgan fingerprint density at radius 3 is 2.85 bits per heavy atom. The second-order valence-electron chi connectivity index (χ2n) is 6.27. The van der Waals surface area contributed by atoms with E-state index < -0.39 is 5.60 Å². The Hall–Kier alpha value is -1.39. The van der Waals surface area contributed by atoms with Gasteiger partial charge in [0.05, 0.1) is 16.8 Å². The zero-order valence-electron chi connectivity index (χ0n) is 12.5. The minimum atomic E-state index is -0.622. The van der Waals surface area contributed by atoms with E-state index in [2.05, 4.69) is 36.1 Å². The van der Waals surface area contributed by atoms with Gasteiger partial charge in [-0.3, -0.25) is 4.68 Å². The van der Waals surface area contributed by atoms with Gasteiger partial charge in [-0.1, -0.05) is 18.2 Å². The van der Waals surface area contributed by atoms with E-state index in [1.54, 1.807) is 0 Å². The first-order valence-electron chi connectivity index (χ1n) is 7.32. The molecule has 0 saturated carbocycles. The van der Waals surface area contributed by atoms with E-state index in [9.17, 15) is 5.11 Å². The maximum Gasteiger partial charge on any atom is 0.0731 e. The summed E-state index contributed by atoms with van der Waals surface area (Å²) in [5.41, 5.74) is 1.53. The summed E-state index contributed by atoms with van der Waals surface area (Å²) in [6.45, 7) is 3.13. The molecule has 2 unspecified atom stereocenters. The van der Waals surface area contributed by atoms with Gasteiger partial charge in [0.2, 0.25) is 0 Å². The van der Waals surface area contributed by atoms with Gasteiger partial charge in [0.25, 0.3) is 0 Å². The molecule has 1 aliphatic rings. The van der Waals surface area contributed by atoms with Gasteiger partial charge >= 0.3 is 0 Å². The maximum absolute atomic E-state index is 10.9. The number of nitrogens with zero attached hydrogens (tertiary/aromatic N) is 3. The molecule has 0 aliphatic carbocycles. The number of hydrogen-bond donors (Lipinski definition) is 1. The molecule has 1 aliphatic heterocycles. The van der Waals surface area contributed by atoms with Crippen molar-refractivity contribution in [3.63, 3.8) is 0 Å². The second kappa shape index (κ2) is 4.86. The van der Waals surface area contributed by atoms with E-state index in [0.717, 1.165) is 36.0 Å². The summed E-state index contributed by atoms with van der Waals surface area (Å²) in [4.78, 5) is 2.31. The summed E-state index contributed by atoms with van der Waals surface area (Å²) in [5, 5.41) is 16.7. The van der Waals surface area contributed by atoms with E-state index in [4.69, 9.17) is 0 Å². The van der Waals surface area contributed by atoms with Crippen molar-refractivity contribution in [2.75, 3.05) is 13.6 Å². The van der Waals surface area contributed by atoms with E-state index in [1.807, 2.05) is 23.9 Å². The fraction of sp³-hybridized carbons (Fsp3) is 0.562. The van der Waals surface area contributed by atoms with Gasteiger partial charge in [0, 0.05) is 31.4 Å². The van der Waals surface area contributed by atoms with Crippen LogP contribution in [0, 0.1) is 0 Å². The molecule has 1 fully saturated rings. The smallest absolute Gasteiger partial charge is 0.0731 e. The first-order chi connectivity index (χ1) is 9.48. The molecule has 1 aromatic heterocycles. The van der Waals surface area contributed by atoms with Crippen molar-refractivity contribution >= 4 is 10.9 Å². The van der Waals surface area contributed by atoms with E-state index in [-0.39, 0.29) is 0 Å². The molecule has 1 aromatic carbocycles. The van der Waals surface area contributed by atoms with Gasteiger partial charge in [-0.2, -0.15) is 5.10 Å². The van der Waals surface area contributed by atoms with Crippen LogP contribution in [0.25, 0.3) is 10.9 Å². The molecule has 0 radical (unpaired) electrons. The van der Waals surface area contributed by atoms with Gasteiger partial charge in [-0.25, -0.2) is 0 Å². The predicted octanol–water partition coefficient (Wildman–Crippen LogP) is 1.96. The highest BCUT2D eigenvalue weighted by molar-refractivity contribution is 5.81. The van der Waals surface area contributed by atoms with Crippen molar-refractivity contribution in [3.05, 3.63) is 30.0 Å². The SMILES string of the molecule is CC1CC(O)(Cc2nn(C)c3ccccc23)CCN1C. The van der Waals surface area contributed by atoms with Gasteiger partial charge in [-0.05, 0) is 32.9 Å². The molecule has 0 spiro atoms. The quantitative estimate of drug-likeness (QED) is 0.909. The highest BCUT2D eigenvalue weighted by atomic mass is 16.3. The third-order valence-corrected chi connectivity index (χ3v) is 4.69. The van der Waals surface area contributed by atoms with Gasteiger partial charge in [0.1, 0.15) is 0 Å². The minimum Gasteiger partial charge on any atom is -0.389 e. The Labute approximate surface area is 120 Å². The third kappa shape index (κ3) is 2.34. The predicted molar refractivity (Wildman–Crippen MR) is 80.7 cm³/mol. The van der Waals surface area contributed by atoms with Crippen molar-refractivity contribution < 1.29 is 5.11 Å². The molecule has 1 N–H and O–H groups in total. The number of aromatic nitrogens is 2. The first kappa shape index (κ1) is 13.6. The number of aryl methyl sites for hydroxylation is 1. The standard InChI is InChI=1S/C16H23N3O/c1-12-10-16(20,8-9-18(12)2)11-14-13-6-4-5-7-15(13)19(3)17-14/h4-7,12,20H,8-11H2,1-3H3. The Morgan fingerprint density at radius 2 is 2.10 bits per heavy atom. The maximum atomic E-state index is 10.9. The summed E-state index contributed by atoms with van der Waals surface area (Å²) in [7, 11) is 4.09. The van der Waals surface area contributed by atoms with Crippen molar-refractivity contribution in [3.8, 4) is 0 Å². The summed E-state index contributed by atoms with van der Waals surface area (Å²) in [5.74, 6) is 0. The molecule has 1 saturated heterocycles. The fourth-order valence-electron chi connectivity index (χ4n) is 3.30. The van der Waals surface area contributed by atoms with Crippen LogP contribution in [0.4, 0.5) is 0 Å². The van der Waals surface area contributed by atoms with Crippen LogP contribution in [0.2, 0.25) is 0 Å². The van der Waals surface area contributed by atoms with Crippen LogP contribution in [-0.2, 0) is 13.5 Å². The highest BCUT2D eigenvalue weighted by Gasteiger charge is 2.36. The van der Waals surface area contributed by atoms with Crippen LogP contribution < -0.4 is 0 Å². The van der Waals surface area contributed by atoms with Crippen molar-refractivity contribution in [1.29, 1.82) is 0 Å². The minimum absolute atomic E-state index is 0.420. The summed E-state index contributed by atoms with van der Waals surface area (Å²) in [6.07, 6.45) is 2.28. The topological polar surface area (TPSA) is 41.3 Å². The molecule has 2 aromatic rings. The summed E-state index contributed by atoms with van der Waals surface area (Å²) < 4.78 is 1.91. The number of para-hydroxylation sites is 1. The average molecular weight is 273 g/mol. The average Bonchev–Trinajstić information content (AvgIpc) is 2.72. The molecule has 4 nitrogen and oxygen atoms in total. The molecule has 4 heteroatoms. The Bertz CT molecular complexity index is 621. The third-order valence-electron chi connectivity index (χ3n) is 4.69. The lowest BCUT2D eigenvalue weighted by Gasteiger charge is -2.40. The molecule has 0 amide bonds. The van der Waals surface area contributed by atoms with Gasteiger partial charge < -0.3 is 10.0 Å². The van der Waals surface area contributed by atoms with Crippen LogP contribution in [0.15, 0.2) is 24.3 Å². The highest BCUT2D eigenvalue weighted by Crippen LogP contribution is 2.31. The lowest BCUT2D eigenvalue weighted by Crippen LogP contribution is -2.48. The molecule has 2 atom stereocenters. The number of hydrogen-bond acceptors (Lipinski definition) is 3. The fourth-order valence-corrected chi connectivity index (χ4v) is 3.30. The first-order valence-corrected chi connectivity index (χ1v) is 7.32.